The van der Waals surface area contributed by atoms with Gasteiger partial charge in [-0.25, -0.2) is 0 Å². The minimum Gasteiger partial charge on any atom is -0.390 e. The number of hydrogen-bond acceptors (Lipinski definition) is 2. The Morgan fingerprint density at radius 3 is 2.44 bits per heavy atom. The van der Waals surface area contributed by atoms with Gasteiger partial charge in [-0.15, -0.1) is 0 Å². The van der Waals surface area contributed by atoms with E-state index in [1.807, 2.05) is 27.9 Å². The van der Waals surface area contributed by atoms with Crippen LogP contribution >= 0.6 is 0 Å². The van der Waals surface area contributed by atoms with Gasteiger partial charge >= 0.3 is 0 Å². The summed E-state index contributed by atoms with van der Waals surface area (Å²) in [5.41, 5.74) is 3.72. The van der Waals surface area contributed by atoms with Crippen LogP contribution < -0.4 is 10.6 Å². The first-order valence-corrected chi connectivity index (χ1v) is 5.86. The zero-order valence-electron chi connectivity index (χ0n) is 11.1. The summed E-state index contributed by atoms with van der Waals surface area (Å²) in [5, 5.41) is 6.29. The van der Waals surface area contributed by atoms with E-state index in [2.05, 4.69) is 47.9 Å². The van der Waals surface area contributed by atoms with E-state index in [9.17, 15) is 0 Å². The van der Waals surface area contributed by atoms with Crippen molar-refractivity contribution in [3.8, 4) is 0 Å². The Morgan fingerprint density at radius 2 is 1.94 bits per heavy atom. The maximum atomic E-state index is 3.17. The summed E-state index contributed by atoms with van der Waals surface area (Å²) in [6.07, 6.45) is 2.16. The lowest BCUT2D eigenvalue weighted by molar-refractivity contribution is 0.817. The van der Waals surface area contributed by atoms with Gasteiger partial charge < -0.3 is 10.6 Å². The van der Waals surface area contributed by atoms with Crippen LogP contribution in [-0.2, 0) is 0 Å². The first kappa shape index (κ1) is 14.7. The smallest absolute Gasteiger partial charge is 0.0351 e. The van der Waals surface area contributed by atoms with Crippen LogP contribution in [0.4, 0.5) is 0 Å². The molecule has 0 unspecified atom stereocenters. The largest absolute Gasteiger partial charge is 0.390 e. The van der Waals surface area contributed by atoms with Crippen LogP contribution in [0, 0.1) is 6.92 Å². The van der Waals surface area contributed by atoms with Crippen molar-refractivity contribution in [1.82, 2.24) is 10.6 Å². The summed E-state index contributed by atoms with van der Waals surface area (Å²) in [6.45, 7) is 6.97. The van der Waals surface area contributed by atoms with Crippen LogP contribution in [0.5, 0.6) is 0 Å². The first-order valence-electron chi connectivity index (χ1n) is 5.86. The molecule has 0 saturated heterocycles. The third-order valence-corrected chi connectivity index (χ3v) is 2.07. The molecule has 1 rings (SSSR count). The fourth-order valence-electron chi connectivity index (χ4n) is 1.36. The van der Waals surface area contributed by atoms with Crippen molar-refractivity contribution in [2.45, 2.75) is 20.8 Å². The summed E-state index contributed by atoms with van der Waals surface area (Å²) in [5.74, 6) is 0. The Balaban J connectivity index is 0.00000106. The van der Waals surface area contributed by atoms with Gasteiger partial charge in [0.15, 0.2) is 0 Å². The van der Waals surface area contributed by atoms with E-state index in [4.69, 9.17) is 0 Å². The van der Waals surface area contributed by atoms with Gasteiger partial charge in [-0.2, -0.15) is 0 Å². The van der Waals surface area contributed by atoms with Crippen LogP contribution in [0.3, 0.4) is 0 Å². The molecule has 0 aliphatic carbocycles. The van der Waals surface area contributed by atoms with E-state index >= 15 is 0 Å². The number of nitrogens with one attached hydrogen (secondary N) is 2. The van der Waals surface area contributed by atoms with Crippen LogP contribution in [0.25, 0.3) is 6.08 Å². The highest BCUT2D eigenvalue weighted by molar-refractivity contribution is 5.53. The van der Waals surface area contributed by atoms with Crippen LogP contribution in [0.2, 0.25) is 0 Å². The molecule has 16 heavy (non-hydrogen) atoms. The van der Waals surface area contributed by atoms with Gasteiger partial charge in [-0.3, -0.25) is 0 Å². The number of aryl methyl sites for hydroxylation is 1. The topological polar surface area (TPSA) is 24.1 Å². The van der Waals surface area contributed by atoms with Crippen molar-refractivity contribution >= 4 is 6.08 Å². The van der Waals surface area contributed by atoms with Crippen molar-refractivity contribution in [3.63, 3.8) is 0 Å². The Bertz CT molecular complexity index is 316. The van der Waals surface area contributed by atoms with E-state index < -0.39 is 0 Å². The van der Waals surface area contributed by atoms with Gasteiger partial charge in [-0.05, 0) is 25.6 Å². The van der Waals surface area contributed by atoms with Crippen LogP contribution in [0.1, 0.15) is 25.0 Å². The summed E-state index contributed by atoms with van der Waals surface area (Å²) in [6, 6.07) is 8.47. The summed E-state index contributed by atoms with van der Waals surface area (Å²) in [4.78, 5) is 0. The lowest BCUT2D eigenvalue weighted by Crippen LogP contribution is -2.19. The van der Waals surface area contributed by atoms with Crippen molar-refractivity contribution in [2.75, 3.05) is 20.6 Å². The van der Waals surface area contributed by atoms with E-state index in [0.29, 0.717) is 0 Å². The van der Waals surface area contributed by atoms with Crippen molar-refractivity contribution in [2.24, 2.45) is 0 Å². The van der Waals surface area contributed by atoms with Gasteiger partial charge in [0.1, 0.15) is 0 Å². The van der Waals surface area contributed by atoms with Gasteiger partial charge in [-0.1, -0.05) is 43.7 Å². The van der Waals surface area contributed by atoms with Gasteiger partial charge in [0, 0.05) is 19.3 Å². The van der Waals surface area contributed by atoms with E-state index in [-0.39, 0.29) is 0 Å². The normalized spacial score (nSPS) is 10.4. The number of hydrogen-bond donors (Lipinski definition) is 2. The monoisotopic (exact) mass is 220 g/mol. The highest BCUT2D eigenvalue weighted by Crippen LogP contribution is 2.07. The molecule has 0 aliphatic rings. The van der Waals surface area contributed by atoms with Crippen LogP contribution in [0.15, 0.2) is 30.0 Å². The first-order chi connectivity index (χ1) is 7.76. The average Bonchev–Trinajstić information content (AvgIpc) is 2.31. The molecule has 0 saturated carbocycles. The van der Waals surface area contributed by atoms with Crippen molar-refractivity contribution in [1.29, 1.82) is 0 Å². The third kappa shape index (κ3) is 5.56. The average molecular weight is 220 g/mol. The fourth-order valence-corrected chi connectivity index (χ4v) is 1.36. The molecular formula is C14H24N2. The van der Waals surface area contributed by atoms with Gasteiger partial charge in [0.25, 0.3) is 0 Å². The molecule has 1 aromatic rings. The van der Waals surface area contributed by atoms with Crippen molar-refractivity contribution in [3.05, 3.63) is 41.1 Å². The number of rotatable bonds is 4. The Labute approximate surface area is 99.8 Å². The molecular weight excluding hydrogens is 196 g/mol. The lowest BCUT2D eigenvalue weighted by Gasteiger charge is -2.06. The SMILES string of the molecule is CC.CNC/C(=C/c1cccc(C)c1)NC. The second-order valence-electron chi connectivity index (χ2n) is 3.36. The maximum Gasteiger partial charge on any atom is 0.0351 e. The third-order valence-electron chi connectivity index (χ3n) is 2.07. The zero-order chi connectivity index (χ0) is 12.4. The second-order valence-corrected chi connectivity index (χ2v) is 3.36. The lowest BCUT2D eigenvalue weighted by atomic mass is 10.1. The summed E-state index contributed by atoms with van der Waals surface area (Å²) < 4.78 is 0. The number of benzene rings is 1. The molecule has 0 aliphatic heterocycles. The molecule has 0 spiro atoms. The Morgan fingerprint density at radius 1 is 1.25 bits per heavy atom. The molecule has 0 heterocycles. The molecule has 0 bridgehead atoms. The molecule has 0 radical (unpaired) electrons. The van der Waals surface area contributed by atoms with Gasteiger partial charge in [0.05, 0.1) is 0 Å². The molecule has 2 heteroatoms. The van der Waals surface area contributed by atoms with Gasteiger partial charge in [0.2, 0.25) is 0 Å². The molecule has 0 aromatic heterocycles. The highest BCUT2D eigenvalue weighted by atomic mass is 14.9. The molecule has 2 nitrogen and oxygen atoms in total. The minimum absolute atomic E-state index is 0.866. The number of likely N-dealkylation sites (N-methyl/N-ethyl adjacent to an activating group) is 2. The molecule has 1 aromatic carbocycles. The summed E-state index contributed by atoms with van der Waals surface area (Å²) in [7, 11) is 3.89. The minimum atomic E-state index is 0.866. The molecule has 2 N–H and O–H groups in total. The molecule has 0 atom stereocenters. The predicted octanol–water partition coefficient (Wildman–Crippen LogP) is 2.80. The molecule has 90 valence electrons. The van der Waals surface area contributed by atoms with Crippen molar-refractivity contribution < 1.29 is 0 Å². The van der Waals surface area contributed by atoms with E-state index in [1.165, 1.54) is 16.8 Å². The standard InChI is InChI=1S/C12H18N2.C2H6/c1-10-5-4-6-11(7-10)8-12(14-3)9-13-2;1-2/h4-8,13-14H,9H2,1-3H3;1-2H3/b12-8-;. The van der Waals surface area contributed by atoms with Crippen LogP contribution in [-0.4, -0.2) is 20.6 Å². The summed E-state index contributed by atoms with van der Waals surface area (Å²) >= 11 is 0. The maximum absolute atomic E-state index is 3.17. The fraction of sp³-hybridized carbons (Fsp3) is 0.429. The Hall–Kier alpha value is -1.28. The van der Waals surface area contributed by atoms with E-state index in [0.717, 1.165) is 6.54 Å². The zero-order valence-corrected chi connectivity index (χ0v) is 11.1. The molecule has 0 amide bonds. The highest BCUT2D eigenvalue weighted by Gasteiger charge is 1.93. The molecule has 0 fully saturated rings. The predicted molar refractivity (Wildman–Crippen MR) is 73.5 cm³/mol. The Kier molecular flexibility index (Phi) is 8.26. The van der Waals surface area contributed by atoms with E-state index in [1.54, 1.807) is 0 Å². The quantitative estimate of drug-likeness (QED) is 0.815. The second kappa shape index (κ2) is 8.98.